The van der Waals surface area contributed by atoms with E-state index in [2.05, 4.69) is 26.8 Å². The third-order valence-corrected chi connectivity index (χ3v) is 5.13. The molecule has 0 bridgehead atoms. The first-order chi connectivity index (χ1) is 14.1. The molecule has 3 aromatic rings. The lowest BCUT2D eigenvalue weighted by molar-refractivity contribution is 0.312. The molecule has 2 aromatic heterocycles. The lowest BCUT2D eigenvalue weighted by atomic mass is 10.2. The van der Waals surface area contributed by atoms with Crippen molar-refractivity contribution < 1.29 is 5.11 Å². The maximum atomic E-state index is 10.5. The number of phenolic OH excluding ortho intramolecular Hbond substituents is 1. The van der Waals surface area contributed by atoms with Gasteiger partial charge in [0.25, 0.3) is 0 Å². The Hall–Kier alpha value is -3.19. The molecule has 1 fully saturated rings. The SMILES string of the molecule is Cc1nc(N2CCN(C)CC2)cc(N(Cc2ccccn2)c2ccccc2O)n1. The quantitative estimate of drug-likeness (QED) is 0.718. The fraction of sp³-hybridized carbons (Fsp3) is 0.318. The van der Waals surface area contributed by atoms with Gasteiger partial charge in [0.1, 0.15) is 23.2 Å². The molecular weight excluding hydrogens is 364 g/mol. The van der Waals surface area contributed by atoms with Gasteiger partial charge in [-0.2, -0.15) is 0 Å². The minimum absolute atomic E-state index is 0.209. The van der Waals surface area contributed by atoms with E-state index in [9.17, 15) is 5.11 Å². The highest BCUT2D eigenvalue weighted by atomic mass is 16.3. The summed E-state index contributed by atoms with van der Waals surface area (Å²) in [6.07, 6.45) is 1.78. The van der Waals surface area contributed by atoms with E-state index in [4.69, 9.17) is 4.98 Å². The van der Waals surface area contributed by atoms with Gasteiger partial charge in [0, 0.05) is 38.4 Å². The standard InChI is InChI=1S/C22H26N6O/c1-17-24-21(27-13-11-26(2)12-14-27)15-22(25-17)28(16-18-7-5-6-10-23-18)19-8-3-4-9-20(19)29/h3-10,15,29H,11-14,16H2,1-2H3. The molecule has 0 saturated carbocycles. The van der Waals surface area contributed by atoms with Gasteiger partial charge in [0.15, 0.2) is 0 Å². The molecule has 1 saturated heterocycles. The molecule has 29 heavy (non-hydrogen) atoms. The number of piperazine rings is 1. The van der Waals surface area contributed by atoms with E-state index in [0.717, 1.165) is 43.5 Å². The van der Waals surface area contributed by atoms with Crippen molar-refractivity contribution in [1.82, 2.24) is 19.9 Å². The van der Waals surface area contributed by atoms with Crippen LogP contribution in [0, 0.1) is 6.92 Å². The highest BCUT2D eigenvalue weighted by Gasteiger charge is 2.20. The van der Waals surface area contributed by atoms with E-state index < -0.39 is 0 Å². The number of likely N-dealkylation sites (N-methyl/N-ethyl adjacent to an activating group) is 1. The molecule has 1 aromatic carbocycles. The predicted octanol–water partition coefficient (Wildman–Crippen LogP) is 2.98. The van der Waals surface area contributed by atoms with Crippen molar-refractivity contribution in [2.45, 2.75) is 13.5 Å². The van der Waals surface area contributed by atoms with Crippen LogP contribution >= 0.6 is 0 Å². The Labute approximate surface area is 171 Å². The van der Waals surface area contributed by atoms with Crippen molar-refractivity contribution >= 4 is 17.3 Å². The van der Waals surface area contributed by atoms with Crippen molar-refractivity contribution in [3.63, 3.8) is 0 Å². The van der Waals surface area contributed by atoms with Crippen molar-refractivity contribution in [3.05, 3.63) is 66.2 Å². The summed E-state index contributed by atoms with van der Waals surface area (Å²) in [6, 6.07) is 15.2. The van der Waals surface area contributed by atoms with Gasteiger partial charge in [-0.1, -0.05) is 18.2 Å². The first-order valence-electron chi connectivity index (χ1n) is 9.85. The third-order valence-electron chi connectivity index (χ3n) is 5.13. The van der Waals surface area contributed by atoms with E-state index in [0.29, 0.717) is 18.1 Å². The maximum absolute atomic E-state index is 10.5. The number of anilines is 3. The van der Waals surface area contributed by atoms with Crippen LogP contribution in [0.15, 0.2) is 54.7 Å². The van der Waals surface area contributed by atoms with E-state index >= 15 is 0 Å². The lowest BCUT2D eigenvalue weighted by Crippen LogP contribution is -2.45. The van der Waals surface area contributed by atoms with Crippen LogP contribution in [0.4, 0.5) is 17.3 Å². The Morgan fingerprint density at radius 1 is 1.00 bits per heavy atom. The Bertz CT molecular complexity index is 957. The third kappa shape index (κ3) is 4.46. The molecule has 1 aliphatic heterocycles. The monoisotopic (exact) mass is 390 g/mol. The van der Waals surface area contributed by atoms with E-state index in [1.807, 2.05) is 54.3 Å². The van der Waals surface area contributed by atoms with E-state index in [1.165, 1.54) is 0 Å². The highest BCUT2D eigenvalue weighted by molar-refractivity contribution is 5.68. The van der Waals surface area contributed by atoms with E-state index in [1.54, 1.807) is 12.3 Å². The minimum Gasteiger partial charge on any atom is -0.506 e. The summed E-state index contributed by atoms with van der Waals surface area (Å²) in [6.45, 7) is 6.29. The molecule has 7 heteroatoms. The van der Waals surface area contributed by atoms with Gasteiger partial charge < -0.3 is 19.8 Å². The topological polar surface area (TPSA) is 68.6 Å². The molecule has 0 radical (unpaired) electrons. The number of benzene rings is 1. The van der Waals surface area contributed by atoms with Gasteiger partial charge in [-0.3, -0.25) is 4.98 Å². The number of hydrogen-bond donors (Lipinski definition) is 1. The molecule has 0 spiro atoms. The van der Waals surface area contributed by atoms with Crippen molar-refractivity contribution in [3.8, 4) is 5.75 Å². The average molecular weight is 390 g/mol. The number of nitrogens with zero attached hydrogens (tertiary/aromatic N) is 6. The van der Waals surface area contributed by atoms with E-state index in [-0.39, 0.29) is 5.75 Å². The molecule has 0 atom stereocenters. The van der Waals surface area contributed by atoms with Crippen LogP contribution in [0.2, 0.25) is 0 Å². The van der Waals surface area contributed by atoms with Gasteiger partial charge in [-0.15, -0.1) is 0 Å². The predicted molar refractivity (Wildman–Crippen MR) is 115 cm³/mol. The zero-order chi connectivity index (χ0) is 20.2. The molecule has 1 N–H and O–H groups in total. The molecule has 0 amide bonds. The normalized spacial score (nSPS) is 14.8. The maximum Gasteiger partial charge on any atom is 0.139 e. The number of phenols is 1. The van der Waals surface area contributed by atoms with Crippen LogP contribution in [-0.2, 0) is 6.54 Å². The van der Waals surface area contributed by atoms with Crippen LogP contribution in [0.5, 0.6) is 5.75 Å². The van der Waals surface area contributed by atoms with Gasteiger partial charge in [0.05, 0.1) is 17.9 Å². The number of aryl methyl sites for hydroxylation is 1. The van der Waals surface area contributed by atoms with Crippen LogP contribution < -0.4 is 9.80 Å². The van der Waals surface area contributed by atoms with Gasteiger partial charge in [-0.05, 0) is 38.2 Å². The molecule has 150 valence electrons. The second-order valence-electron chi connectivity index (χ2n) is 7.32. The number of rotatable bonds is 5. The summed E-state index contributed by atoms with van der Waals surface area (Å²) in [5.41, 5.74) is 1.59. The van der Waals surface area contributed by atoms with Crippen LogP contribution in [-0.4, -0.2) is 58.2 Å². The van der Waals surface area contributed by atoms with Crippen LogP contribution in [0.25, 0.3) is 0 Å². The zero-order valence-corrected chi connectivity index (χ0v) is 16.9. The van der Waals surface area contributed by atoms with Gasteiger partial charge in [-0.25, -0.2) is 9.97 Å². The first-order valence-corrected chi connectivity index (χ1v) is 9.85. The van der Waals surface area contributed by atoms with Gasteiger partial charge in [0.2, 0.25) is 0 Å². The largest absolute Gasteiger partial charge is 0.506 e. The number of aromatic nitrogens is 3. The highest BCUT2D eigenvalue weighted by Crippen LogP contribution is 2.34. The summed E-state index contributed by atoms with van der Waals surface area (Å²) in [5, 5.41) is 10.5. The minimum atomic E-state index is 0.209. The summed E-state index contributed by atoms with van der Waals surface area (Å²) >= 11 is 0. The fourth-order valence-electron chi connectivity index (χ4n) is 3.51. The van der Waals surface area contributed by atoms with Crippen LogP contribution in [0.3, 0.4) is 0 Å². The summed E-state index contributed by atoms with van der Waals surface area (Å²) < 4.78 is 0. The zero-order valence-electron chi connectivity index (χ0n) is 16.9. The first kappa shape index (κ1) is 19.1. The van der Waals surface area contributed by atoms with Crippen LogP contribution in [0.1, 0.15) is 11.5 Å². The van der Waals surface area contributed by atoms with Crippen molar-refractivity contribution in [1.29, 1.82) is 0 Å². The summed E-state index contributed by atoms with van der Waals surface area (Å²) in [7, 11) is 2.14. The molecule has 0 unspecified atom stereocenters. The number of hydrogen-bond acceptors (Lipinski definition) is 7. The fourth-order valence-corrected chi connectivity index (χ4v) is 3.51. The summed E-state index contributed by atoms with van der Waals surface area (Å²) in [4.78, 5) is 20.4. The summed E-state index contributed by atoms with van der Waals surface area (Å²) in [5.74, 6) is 2.58. The number of pyridine rings is 1. The van der Waals surface area contributed by atoms with Crippen molar-refractivity contribution in [2.75, 3.05) is 43.0 Å². The lowest BCUT2D eigenvalue weighted by Gasteiger charge is -2.34. The Kier molecular flexibility index (Phi) is 5.57. The second kappa shape index (κ2) is 8.45. The Balaban J connectivity index is 1.73. The number of aromatic hydroxyl groups is 1. The van der Waals surface area contributed by atoms with Crippen molar-refractivity contribution in [2.24, 2.45) is 0 Å². The molecular formula is C22H26N6O. The van der Waals surface area contributed by atoms with Gasteiger partial charge >= 0.3 is 0 Å². The average Bonchev–Trinajstić information content (AvgIpc) is 2.73. The molecule has 0 aliphatic carbocycles. The Morgan fingerprint density at radius 3 is 2.48 bits per heavy atom. The number of para-hydroxylation sites is 2. The molecule has 7 nitrogen and oxygen atoms in total. The Morgan fingerprint density at radius 2 is 1.76 bits per heavy atom. The molecule has 4 rings (SSSR count). The smallest absolute Gasteiger partial charge is 0.139 e. The molecule has 1 aliphatic rings. The molecule has 3 heterocycles. The second-order valence-corrected chi connectivity index (χ2v) is 7.32.